The minimum Gasteiger partial charge on any atom is -0.477 e. The lowest BCUT2D eigenvalue weighted by molar-refractivity contribution is -0.151. The van der Waals surface area contributed by atoms with Gasteiger partial charge >= 0.3 is 11.9 Å². The lowest BCUT2D eigenvalue weighted by Crippen LogP contribution is -2.71. The number of hydrogen-bond acceptors (Lipinski definition) is 9. The summed E-state index contributed by atoms with van der Waals surface area (Å²) in [4.78, 5) is 49.2. The molecule has 0 bridgehead atoms. The number of hydrogen-bond donors (Lipinski definition) is 3. The number of nitrogens with zero attached hydrogens (tertiary/aromatic N) is 1. The lowest BCUT2D eigenvalue weighted by Gasteiger charge is -2.49. The molecule has 3 aliphatic heterocycles. The molecule has 1 fully saturated rings. The maximum absolute atomic E-state index is 12.7. The highest BCUT2D eigenvalue weighted by atomic mass is 32.2. The fourth-order valence-corrected chi connectivity index (χ4v) is 5.12. The number of nitrogens with two attached hydrogens (primary N) is 1. The first-order valence-electron chi connectivity index (χ1n) is 10.2. The van der Waals surface area contributed by atoms with Crippen LogP contribution in [0.25, 0.3) is 0 Å². The molecule has 33 heavy (non-hydrogen) atoms. The van der Waals surface area contributed by atoms with Crippen molar-refractivity contribution in [3.05, 3.63) is 35.0 Å². The van der Waals surface area contributed by atoms with Gasteiger partial charge in [-0.3, -0.25) is 19.3 Å². The second kappa shape index (κ2) is 9.32. The van der Waals surface area contributed by atoms with Crippen LogP contribution in [0.5, 0.6) is 11.5 Å². The van der Waals surface area contributed by atoms with E-state index >= 15 is 0 Å². The fourth-order valence-electron chi connectivity index (χ4n) is 3.79. The van der Waals surface area contributed by atoms with Crippen molar-refractivity contribution in [1.82, 2.24) is 10.2 Å². The standard InChI is InChI=1S/C21H23N3O8S/c1-10(25)30-7-12-8-33-20-16(19(27)24(20)17(12)21(28)29)23-18(26)13(22)4-2-11-3-5-14-15(6-11)32-9-31-14/h3,5-6,13,16,20H,2,4,7-9,22H2,1H3,(H,23,26)(H,28,29)/t13?,16-,20-/m1/s1. The van der Waals surface area contributed by atoms with Gasteiger partial charge in [0, 0.05) is 18.2 Å². The highest BCUT2D eigenvalue weighted by Crippen LogP contribution is 2.40. The number of carbonyl (C=O) groups excluding carboxylic acids is 3. The molecule has 3 atom stereocenters. The van der Waals surface area contributed by atoms with Crippen LogP contribution < -0.4 is 20.5 Å². The van der Waals surface area contributed by atoms with Gasteiger partial charge in [-0.2, -0.15) is 0 Å². The number of esters is 1. The van der Waals surface area contributed by atoms with Gasteiger partial charge in [-0.15, -0.1) is 11.8 Å². The van der Waals surface area contributed by atoms with E-state index in [1.54, 1.807) is 6.07 Å². The highest BCUT2D eigenvalue weighted by molar-refractivity contribution is 8.00. The Balaban J connectivity index is 1.34. The fraction of sp³-hybridized carbons (Fsp3) is 0.429. The number of β-lactam (4-membered cyclic amide) rings is 1. The van der Waals surface area contributed by atoms with E-state index < -0.39 is 41.2 Å². The van der Waals surface area contributed by atoms with Crippen LogP contribution in [0.3, 0.4) is 0 Å². The number of thioether (sulfide) groups is 1. The largest absolute Gasteiger partial charge is 0.477 e. The number of carboxylic acids is 1. The van der Waals surface area contributed by atoms with Gasteiger partial charge in [-0.05, 0) is 30.5 Å². The second-order valence-corrected chi connectivity index (χ2v) is 8.87. The van der Waals surface area contributed by atoms with Gasteiger partial charge in [0.15, 0.2) is 11.5 Å². The SMILES string of the molecule is CC(=O)OCC1=C(C(=O)O)N2C(=O)[C@@H](NC(=O)C(N)CCc3ccc4c(c3)OCO4)[C@H]2SC1. The third kappa shape index (κ3) is 4.62. The summed E-state index contributed by atoms with van der Waals surface area (Å²) >= 11 is 1.29. The van der Waals surface area contributed by atoms with Gasteiger partial charge in [0.25, 0.3) is 5.91 Å². The Kier molecular flexibility index (Phi) is 6.47. The monoisotopic (exact) mass is 477 g/mol. The summed E-state index contributed by atoms with van der Waals surface area (Å²) in [5.41, 5.74) is 7.10. The normalized spacial score (nSPS) is 21.8. The molecule has 1 unspecified atom stereocenters. The minimum atomic E-state index is -1.29. The average molecular weight is 477 g/mol. The molecule has 3 aliphatic rings. The first-order chi connectivity index (χ1) is 15.8. The molecule has 0 aliphatic carbocycles. The van der Waals surface area contributed by atoms with Gasteiger partial charge in [0.05, 0.1) is 6.04 Å². The zero-order chi connectivity index (χ0) is 23.7. The van der Waals surface area contributed by atoms with Gasteiger partial charge in [0.1, 0.15) is 23.7 Å². The molecule has 176 valence electrons. The maximum Gasteiger partial charge on any atom is 0.352 e. The average Bonchev–Trinajstić information content (AvgIpc) is 3.26. The Morgan fingerprint density at radius 1 is 1.33 bits per heavy atom. The summed E-state index contributed by atoms with van der Waals surface area (Å²) in [6.45, 7) is 1.19. The Labute approximate surface area is 193 Å². The molecule has 0 saturated carbocycles. The van der Waals surface area contributed by atoms with Crippen molar-refractivity contribution in [3.8, 4) is 11.5 Å². The van der Waals surface area contributed by atoms with Crippen molar-refractivity contribution in [1.29, 1.82) is 0 Å². The molecule has 0 spiro atoms. The zero-order valence-electron chi connectivity index (χ0n) is 17.7. The van der Waals surface area contributed by atoms with E-state index in [0.717, 1.165) is 10.5 Å². The van der Waals surface area contributed by atoms with Crippen molar-refractivity contribution in [2.75, 3.05) is 19.2 Å². The van der Waals surface area contributed by atoms with E-state index in [1.165, 1.54) is 18.7 Å². The van der Waals surface area contributed by atoms with Gasteiger partial charge in [-0.25, -0.2) is 4.79 Å². The molecule has 2 amide bonds. The number of carbonyl (C=O) groups is 4. The number of aryl methyl sites for hydroxylation is 1. The molecule has 12 heteroatoms. The molecule has 4 rings (SSSR count). The van der Waals surface area contributed by atoms with Crippen LogP contribution in [0.2, 0.25) is 0 Å². The first kappa shape index (κ1) is 22.9. The van der Waals surface area contributed by atoms with Gasteiger partial charge in [-0.1, -0.05) is 6.07 Å². The summed E-state index contributed by atoms with van der Waals surface area (Å²) in [6, 6.07) is 3.79. The second-order valence-electron chi connectivity index (χ2n) is 7.77. The number of rotatable bonds is 8. The highest BCUT2D eigenvalue weighted by Gasteiger charge is 2.54. The summed E-state index contributed by atoms with van der Waals surface area (Å²) in [7, 11) is 0. The smallest absolute Gasteiger partial charge is 0.352 e. The Hall–Kier alpha value is -3.25. The van der Waals surface area contributed by atoms with Crippen LogP contribution in [0.1, 0.15) is 18.9 Å². The molecule has 3 heterocycles. The lowest BCUT2D eigenvalue weighted by atomic mass is 10.0. The number of fused-ring (bicyclic) bond motifs is 2. The van der Waals surface area contributed by atoms with Crippen molar-refractivity contribution < 1.29 is 38.5 Å². The number of nitrogens with one attached hydrogen (secondary N) is 1. The van der Waals surface area contributed by atoms with E-state index in [2.05, 4.69) is 5.32 Å². The van der Waals surface area contributed by atoms with E-state index in [9.17, 15) is 24.3 Å². The molecule has 1 aromatic rings. The van der Waals surface area contributed by atoms with Crippen molar-refractivity contribution in [2.24, 2.45) is 5.73 Å². The number of carboxylic acid groups (broad SMARTS) is 1. The van der Waals surface area contributed by atoms with E-state index in [1.807, 2.05) is 12.1 Å². The zero-order valence-corrected chi connectivity index (χ0v) is 18.6. The third-order valence-corrected chi connectivity index (χ3v) is 6.85. The van der Waals surface area contributed by atoms with Crippen molar-refractivity contribution in [3.63, 3.8) is 0 Å². The van der Waals surface area contributed by atoms with Gasteiger partial charge < -0.3 is 30.4 Å². The summed E-state index contributed by atoms with van der Waals surface area (Å²) in [6.07, 6.45) is 0.875. The van der Waals surface area contributed by atoms with Crippen molar-refractivity contribution in [2.45, 2.75) is 37.2 Å². The Morgan fingerprint density at radius 3 is 2.82 bits per heavy atom. The Morgan fingerprint density at radius 2 is 2.09 bits per heavy atom. The number of ether oxygens (including phenoxy) is 3. The predicted octanol–water partition coefficient (Wildman–Crippen LogP) is -0.0231. The molecule has 1 aromatic carbocycles. The van der Waals surface area contributed by atoms with Crippen LogP contribution >= 0.6 is 11.8 Å². The first-order valence-corrected chi connectivity index (χ1v) is 11.3. The van der Waals surface area contributed by atoms with E-state index in [-0.39, 0.29) is 24.8 Å². The number of benzene rings is 1. The summed E-state index contributed by atoms with van der Waals surface area (Å²) < 4.78 is 15.5. The summed E-state index contributed by atoms with van der Waals surface area (Å²) in [5, 5.41) is 11.7. The molecular weight excluding hydrogens is 454 g/mol. The van der Waals surface area contributed by atoms with Gasteiger partial charge in [0.2, 0.25) is 12.7 Å². The number of aliphatic carboxylic acids is 1. The minimum absolute atomic E-state index is 0.177. The molecule has 4 N–H and O–H groups in total. The summed E-state index contributed by atoms with van der Waals surface area (Å²) in [5.74, 6) is -1.29. The van der Waals surface area contributed by atoms with Crippen LogP contribution in [0, 0.1) is 0 Å². The third-order valence-electron chi connectivity index (χ3n) is 5.52. The topological polar surface area (TPSA) is 157 Å². The quantitative estimate of drug-likeness (QED) is 0.343. The van der Waals surface area contributed by atoms with E-state index in [4.69, 9.17) is 19.9 Å². The van der Waals surface area contributed by atoms with Crippen molar-refractivity contribution >= 4 is 35.5 Å². The predicted molar refractivity (Wildman–Crippen MR) is 115 cm³/mol. The maximum atomic E-state index is 12.7. The molecular formula is C21H23N3O8S. The van der Waals surface area contributed by atoms with Crippen LogP contribution in [0.4, 0.5) is 0 Å². The molecule has 0 aromatic heterocycles. The molecule has 0 radical (unpaired) electrons. The van der Waals surface area contributed by atoms with E-state index in [0.29, 0.717) is 29.9 Å². The van der Waals surface area contributed by atoms with Crippen LogP contribution in [-0.4, -0.2) is 70.4 Å². The van der Waals surface area contributed by atoms with Crippen LogP contribution in [0.15, 0.2) is 29.5 Å². The Bertz CT molecular complexity index is 1040. The number of amides is 2. The van der Waals surface area contributed by atoms with Crippen LogP contribution in [-0.2, 0) is 30.3 Å². The molecule has 11 nitrogen and oxygen atoms in total. The molecule has 1 saturated heterocycles.